The zero-order valence-corrected chi connectivity index (χ0v) is 14.1. The average molecular weight is 337 g/mol. The van der Waals surface area contributed by atoms with Gasteiger partial charge in [0.2, 0.25) is 11.7 Å². The highest BCUT2D eigenvalue weighted by molar-refractivity contribution is 5.80. The second kappa shape index (κ2) is 7.61. The minimum Gasteiger partial charge on any atom is -0.481 e. The summed E-state index contributed by atoms with van der Waals surface area (Å²) in [6, 6.07) is 17.0. The van der Waals surface area contributed by atoms with Gasteiger partial charge in [-0.15, -0.1) is 0 Å². The number of hydrogen-bond donors (Lipinski definition) is 1. The summed E-state index contributed by atoms with van der Waals surface area (Å²) in [4.78, 5) is 16.4. The Labute approximate surface area is 145 Å². The summed E-state index contributed by atoms with van der Waals surface area (Å²) in [7, 11) is 0. The van der Waals surface area contributed by atoms with Crippen LogP contribution in [0.2, 0.25) is 0 Å². The van der Waals surface area contributed by atoms with Crippen molar-refractivity contribution in [1.29, 1.82) is 0 Å². The first kappa shape index (κ1) is 16.7. The maximum Gasteiger partial charge on any atom is 0.261 e. The molecule has 0 bridgehead atoms. The topological polar surface area (TPSA) is 77.2 Å². The van der Waals surface area contributed by atoms with Crippen molar-refractivity contribution in [2.75, 3.05) is 0 Å². The minimum absolute atomic E-state index is 0.153. The van der Waals surface area contributed by atoms with E-state index < -0.39 is 6.10 Å². The molecule has 1 atom stereocenters. The molecule has 0 saturated carbocycles. The summed E-state index contributed by atoms with van der Waals surface area (Å²) >= 11 is 0. The van der Waals surface area contributed by atoms with Crippen LogP contribution in [0.3, 0.4) is 0 Å². The third-order valence-electron chi connectivity index (χ3n) is 3.62. The Balaban J connectivity index is 1.53. The van der Waals surface area contributed by atoms with Crippen molar-refractivity contribution in [3.63, 3.8) is 0 Å². The van der Waals surface area contributed by atoms with Gasteiger partial charge in [0.25, 0.3) is 5.91 Å². The van der Waals surface area contributed by atoms with E-state index in [4.69, 9.17) is 9.26 Å². The zero-order valence-electron chi connectivity index (χ0n) is 14.1. The molecule has 6 heteroatoms. The molecule has 0 aliphatic carbocycles. The van der Waals surface area contributed by atoms with Gasteiger partial charge in [-0.1, -0.05) is 53.2 Å². The lowest BCUT2D eigenvalue weighted by Gasteiger charge is -2.14. The molecular formula is C19H19N3O3. The number of aromatic nitrogens is 2. The Morgan fingerprint density at radius 2 is 1.88 bits per heavy atom. The van der Waals surface area contributed by atoms with Crippen molar-refractivity contribution in [2.24, 2.45) is 0 Å². The maximum atomic E-state index is 12.1. The molecule has 1 heterocycles. The molecule has 0 aliphatic rings. The van der Waals surface area contributed by atoms with Crippen LogP contribution in [0, 0.1) is 6.92 Å². The van der Waals surface area contributed by atoms with Gasteiger partial charge in [0.1, 0.15) is 5.75 Å². The van der Waals surface area contributed by atoms with Gasteiger partial charge in [-0.3, -0.25) is 4.79 Å². The molecule has 6 nitrogen and oxygen atoms in total. The lowest BCUT2D eigenvalue weighted by atomic mass is 10.2. The van der Waals surface area contributed by atoms with Crippen LogP contribution in [-0.4, -0.2) is 22.2 Å². The van der Waals surface area contributed by atoms with E-state index in [0.717, 1.165) is 11.1 Å². The number of nitrogens with one attached hydrogen (secondary N) is 1. The van der Waals surface area contributed by atoms with E-state index in [-0.39, 0.29) is 12.5 Å². The Morgan fingerprint density at radius 1 is 1.16 bits per heavy atom. The van der Waals surface area contributed by atoms with Crippen LogP contribution in [-0.2, 0) is 11.3 Å². The van der Waals surface area contributed by atoms with E-state index in [9.17, 15) is 4.79 Å². The van der Waals surface area contributed by atoms with Gasteiger partial charge in [0.05, 0.1) is 6.54 Å². The monoisotopic (exact) mass is 337 g/mol. The van der Waals surface area contributed by atoms with E-state index in [1.807, 2.05) is 61.5 Å². The minimum atomic E-state index is -0.626. The second-order valence-electron chi connectivity index (χ2n) is 5.67. The number of nitrogens with zero attached hydrogens (tertiary/aromatic N) is 2. The molecule has 1 amide bonds. The first-order valence-electron chi connectivity index (χ1n) is 8.01. The number of rotatable bonds is 6. The fourth-order valence-corrected chi connectivity index (χ4v) is 2.21. The van der Waals surface area contributed by atoms with E-state index in [2.05, 4.69) is 15.5 Å². The number of carbonyl (C=O) groups excluding carboxylic acids is 1. The van der Waals surface area contributed by atoms with E-state index in [1.165, 1.54) is 0 Å². The highest BCUT2D eigenvalue weighted by Crippen LogP contribution is 2.15. The SMILES string of the molecule is Cc1ccc(O[C@H](C)C(=O)NCc2nc(-c3ccccc3)no2)cc1. The number of ether oxygens (including phenoxy) is 1. The molecular weight excluding hydrogens is 318 g/mol. The molecule has 1 N–H and O–H groups in total. The standard InChI is InChI=1S/C19H19N3O3/c1-13-8-10-16(11-9-13)24-14(2)19(23)20-12-17-21-18(22-25-17)15-6-4-3-5-7-15/h3-11,14H,12H2,1-2H3,(H,20,23)/t14-/m1/s1. The third-order valence-corrected chi connectivity index (χ3v) is 3.62. The predicted molar refractivity (Wildman–Crippen MR) is 92.8 cm³/mol. The summed E-state index contributed by atoms with van der Waals surface area (Å²) in [6.45, 7) is 3.84. The number of carbonyl (C=O) groups is 1. The largest absolute Gasteiger partial charge is 0.481 e. The van der Waals surface area contributed by atoms with Crippen molar-refractivity contribution in [3.05, 3.63) is 66.1 Å². The summed E-state index contributed by atoms with van der Waals surface area (Å²) < 4.78 is 10.8. The summed E-state index contributed by atoms with van der Waals surface area (Å²) in [5, 5.41) is 6.65. The number of hydrogen-bond acceptors (Lipinski definition) is 5. The molecule has 2 aromatic carbocycles. The molecule has 0 aliphatic heterocycles. The number of amides is 1. The average Bonchev–Trinajstić information content (AvgIpc) is 3.11. The van der Waals surface area contributed by atoms with Crippen molar-refractivity contribution < 1.29 is 14.1 Å². The molecule has 0 fully saturated rings. The second-order valence-corrected chi connectivity index (χ2v) is 5.67. The molecule has 128 valence electrons. The fraction of sp³-hybridized carbons (Fsp3) is 0.211. The molecule has 0 unspecified atom stereocenters. The van der Waals surface area contributed by atoms with Crippen molar-refractivity contribution >= 4 is 5.91 Å². The van der Waals surface area contributed by atoms with Crippen LogP contribution < -0.4 is 10.1 Å². The highest BCUT2D eigenvalue weighted by Gasteiger charge is 2.16. The van der Waals surface area contributed by atoms with Gasteiger partial charge < -0.3 is 14.6 Å². The Kier molecular flexibility index (Phi) is 5.09. The quantitative estimate of drug-likeness (QED) is 0.748. The van der Waals surface area contributed by atoms with Gasteiger partial charge >= 0.3 is 0 Å². The molecule has 25 heavy (non-hydrogen) atoms. The normalized spacial score (nSPS) is 11.8. The van der Waals surface area contributed by atoms with Gasteiger partial charge in [0.15, 0.2) is 6.10 Å². The van der Waals surface area contributed by atoms with Crippen molar-refractivity contribution in [3.8, 4) is 17.1 Å². The smallest absolute Gasteiger partial charge is 0.261 e. The Morgan fingerprint density at radius 3 is 2.60 bits per heavy atom. The van der Waals surface area contributed by atoms with Crippen molar-refractivity contribution in [1.82, 2.24) is 15.5 Å². The van der Waals surface area contributed by atoms with Crippen molar-refractivity contribution in [2.45, 2.75) is 26.5 Å². The first-order chi connectivity index (χ1) is 12.1. The Bertz CT molecular complexity index is 829. The number of aryl methyl sites for hydroxylation is 1. The molecule has 0 radical (unpaired) electrons. The van der Waals surface area contributed by atoms with Gasteiger partial charge in [-0.25, -0.2) is 0 Å². The summed E-state index contributed by atoms with van der Waals surface area (Å²) in [5.41, 5.74) is 2.00. The van der Waals surface area contributed by atoms with Crippen LogP contribution in [0.15, 0.2) is 59.1 Å². The first-order valence-corrected chi connectivity index (χ1v) is 8.01. The van der Waals surface area contributed by atoms with Gasteiger partial charge in [0, 0.05) is 5.56 Å². The molecule has 0 saturated heterocycles. The predicted octanol–water partition coefficient (Wildman–Crippen LogP) is 3.13. The highest BCUT2D eigenvalue weighted by atomic mass is 16.5. The molecule has 0 spiro atoms. The molecule has 3 rings (SSSR count). The van der Waals surface area contributed by atoms with Crippen LogP contribution in [0.25, 0.3) is 11.4 Å². The number of benzene rings is 2. The van der Waals surface area contributed by atoms with Crippen LogP contribution in [0.1, 0.15) is 18.4 Å². The lowest BCUT2D eigenvalue weighted by molar-refractivity contribution is -0.127. The summed E-state index contributed by atoms with van der Waals surface area (Å²) in [6.07, 6.45) is -0.626. The van der Waals surface area contributed by atoms with Crippen LogP contribution in [0.4, 0.5) is 0 Å². The fourth-order valence-electron chi connectivity index (χ4n) is 2.21. The van der Waals surface area contributed by atoms with Gasteiger partial charge in [-0.05, 0) is 26.0 Å². The molecule has 1 aromatic heterocycles. The van der Waals surface area contributed by atoms with E-state index >= 15 is 0 Å². The Hall–Kier alpha value is -3.15. The lowest BCUT2D eigenvalue weighted by Crippen LogP contribution is -2.35. The summed E-state index contributed by atoms with van der Waals surface area (Å²) in [5.74, 6) is 1.24. The van der Waals surface area contributed by atoms with Crippen LogP contribution >= 0.6 is 0 Å². The van der Waals surface area contributed by atoms with Crippen LogP contribution in [0.5, 0.6) is 5.75 Å². The molecule has 3 aromatic rings. The third kappa shape index (κ3) is 4.44. The van der Waals surface area contributed by atoms with E-state index in [0.29, 0.717) is 17.5 Å². The van der Waals surface area contributed by atoms with Gasteiger partial charge in [-0.2, -0.15) is 4.98 Å². The zero-order chi connectivity index (χ0) is 17.6. The van der Waals surface area contributed by atoms with E-state index in [1.54, 1.807) is 6.92 Å². The maximum absolute atomic E-state index is 12.1.